The van der Waals surface area contributed by atoms with E-state index in [2.05, 4.69) is 31.2 Å². The van der Waals surface area contributed by atoms with Crippen molar-refractivity contribution >= 4 is 24.7 Å². The molecule has 0 aliphatic carbocycles. The van der Waals surface area contributed by atoms with Gasteiger partial charge in [-0.05, 0) is 32.4 Å². The fourth-order valence-electron chi connectivity index (χ4n) is 3.93. The van der Waals surface area contributed by atoms with E-state index < -0.39 is 12.9 Å². The van der Waals surface area contributed by atoms with Crippen molar-refractivity contribution in [2.45, 2.75) is 71.2 Å². The van der Waals surface area contributed by atoms with Crippen LogP contribution in [0.4, 0.5) is 20.7 Å². The molecule has 2 aliphatic rings. The first kappa shape index (κ1) is 22.6. The lowest BCUT2D eigenvalue weighted by molar-refractivity contribution is -0.0416. The summed E-state index contributed by atoms with van der Waals surface area (Å²) in [4.78, 5) is 14.5. The second kappa shape index (κ2) is 7.23. The summed E-state index contributed by atoms with van der Waals surface area (Å²) in [6, 6.07) is 4.87. The highest BCUT2D eigenvalue weighted by molar-refractivity contribution is 6.53. The molecule has 4 rings (SSSR count). The highest BCUT2D eigenvalue weighted by atomic mass is 19.1. The molecule has 0 spiro atoms. The molecule has 32 heavy (non-hydrogen) atoms. The molecule has 1 saturated heterocycles. The van der Waals surface area contributed by atoms with Crippen molar-refractivity contribution in [2.24, 2.45) is 7.05 Å². The molecule has 0 bridgehead atoms. The molecular formula is C23H32BFN4O3. The van der Waals surface area contributed by atoms with Crippen LogP contribution in [-0.4, -0.2) is 35.1 Å². The van der Waals surface area contributed by atoms with Gasteiger partial charge in [-0.3, -0.25) is 14.9 Å². The standard InChI is InChI=1S/C23H32BFN4O3/c1-21(2,3)17-13-18(28(8)27-17)26-20(30)29-12-11-14-15(29)9-10-16(19(14)25)31-24-22(4,5)23(6,7)32-24/h9-10,13H,11-12H2,1-8H3,(H,26,30). The summed E-state index contributed by atoms with van der Waals surface area (Å²) in [5.41, 5.74) is 1.45. The monoisotopic (exact) mass is 442 g/mol. The summed E-state index contributed by atoms with van der Waals surface area (Å²) in [5.74, 6) is 0.319. The van der Waals surface area contributed by atoms with Crippen LogP contribution < -0.4 is 14.9 Å². The molecule has 0 saturated carbocycles. The molecule has 1 fully saturated rings. The normalized spacial score (nSPS) is 18.9. The van der Waals surface area contributed by atoms with E-state index in [9.17, 15) is 4.79 Å². The second-order valence-electron chi connectivity index (χ2n) is 10.8. The Kier molecular flexibility index (Phi) is 5.12. The third-order valence-electron chi connectivity index (χ3n) is 6.96. The Morgan fingerprint density at radius 3 is 2.53 bits per heavy atom. The van der Waals surface area contributed by atoms with Gasteiger partial charge in [0.25, 0.3) is 0 Å². The quantitative estimate of drug-likeness (QED) is 0.687. The van der Waals surface area contributed by atoms with Crippen molar-refractivity contribution in [1.29, 1.82) is 0 Å². The third kappa shape index (κ3) is 3.56. The van der Waals surface area contributed by atoms with Crippen LogP contribution in [0.15, 0.2) is 18.2 Å². The SMILES string of the molecule is Cn1nc(C(C)(C)C)cc1NC(=O)N1CCc2c1ccc(OB1OC(C)(C)C1(C)C)c2F. The Morgan fingerprint density at radius 2 is 1.97 bits per heavy atom. The van der Waals surface area contributed by atoms with Gasteiger partial charge in [0.15, 0.2) is 5.82 Å². The van der Waals surface area contributed by atoms with Crippen molar-refractivity contribution in [1.82, 2.24) is 9.78 Å². The first-order valence-electron chi connectivity index (χ1n) is 11.0. The summed E-state index contributed by atoms with van der Waals surface area (Å²) >= 11 is 0. The Labute approximate surface area is 189 Å². The van der Waals surface area contributed by atoms with E-state index in [1.54, 1.807) is 28.8 Å². The van der Waals surface area contributed by atoms with E-state index in [0.29, 0.717) is 30.0 Å². The van der Waals surface area contributed by atoms with E-state index >= 15 is 4.39 Å². The van der Waals surface area contributed by atoms with Gasteiger partial charge in [-0.2, -0.15) is 5.10 Å². The van der Waals surface area contributed by atoms with E-state index in [0.717, 1.165) is 5.69 Å². The molecule has 0 atom stereocenters. The summed E-state index contributed by atoms with van der Waals surface area (Å²) in [7, 11) is 1.27. The Bertz CT molecular complexity index is 1070. The number of hydrogen-bond donors (Lipinski definition) is 1. The number of rotatable bonds is 3. The van der Waals surface area contributed by atoms with E-state index in [-0.39, 0.29) is 28.1 Å². The Hall–Kier alpha value is -2.55. The number of fused-ring (bicyclic) bond motifs is 1. The van der Waals surface area contributed by atoms with E-state index in [1.807, 2.05) is 33.8 Å². The van der Waals surface area contributed by atoms with Gasteiger partial charge in [0, 0.05) is 36.0 Å². The summed E-state index contributed by atoms with van der Waals surface area (Å²) in [6.07, 6.45) is 0.421. The zero-order chi connectivity index (χ0) is 23.6. The van der Waals surface area contributed by atoms with Crippen LogP contribution in [0.25, 0.3) is 0 Å². The number of carbonyl (C=O) groups is 1. The van der Waals surface area contributed by atoms with Gasteiger partial charge in [0.2, 0.25) is 0 Å². The molecule has 1 aromatic heterocycles. The Morgan fingerprint density at radius 1 is 1.28 bits per heavy atom. The largest absolute Gasteiger partial charge is 0.534 e. The molecule has 172 valence electrons. The van der Waals surface area contributed by atoms with Gasteiger partial charge in [0.1, 0.15) is 11.6 Å². The number of urea groups is 1. The minimum Gasteiger partial charge on any atom is -0.534 e. The van der Waals surface area contributed by atoms with Crippen LogP contribution in [0, 0.1) is 5.82 Å². The summed E-state index contributed by atoms with van der Waals surface area (Å²) in [5, 5.41) is 7.14. The number of nitrogens with one attached hydrogen (secondary N) is 1. The smallest absolute Gasteiger partial charge is 0.534 e. The van der Waals surface area contributed by atoms with Crippen molar-refractivity contribution in [3.8, 4) is 5.75 Å². The number of benzene rings is 1. The Balaban J connectivity index is 1.51. The van der Waals surface area contributed by atoms with Crippen molar-refractivity contribution in [3.05, 3.63) is 35.3 Å². The van der Waals surface area contributed by atoms with Crippen molar-refractivity contribution in [2.75, 3.05) is 16.8 Å². The molecule has 9 heteroatoms. The minimum absolute atomic E-state index is 0.131. The zero-order valence-electron chi connectivity index (χ0n) is 20.2. The fraction of sp³-hybridized carbons (Fsp3) is 0.565. The minimum atomic E-state index is -0.521. The van der Waals surface area contributed by atoms with E-state index in [4.69, 9.17) is 9.31 Å². The molecule has 2 aromatic rings. The highest BCUT2D eigenvalue weighted by Crippen LogP contribution is 2.54. The molecule has 1 N–H and O–H groups in total. The molecule has 0 radical (unpaired) electrons. The van der Waals surface area contributed by atoms with Crippen LogP contribution >= 0.6 is 0 Å². The predicted molar refractivity (Wildman–Crippen MR) is 124 cm³/mol. The number of nitrogens with zero attached hydrogens (tertiary/aromatic N) is 3. The molecule has 1 aromatic carbocycles. The number of aryl methyl sites for hydroxylation is 1. The van der Waals surface area contributed by atoms with Crippen molar-refractivity contribution in [3.63, 3.8) is 0 Å². The average Bonchev–Trinajstić information content (AvgIpc) is 3.27. The number of halogens is 1. The topological polar surface area (TPSA) is 68.6 Å². The van der Waals surface area contributed by atoms with Crippen LogP contribution in [0.1, 0.15) is 59.7 Å². The highest BCUT2D eigenvalue weighted by Gasteiger charge is 2.63. The number of amides is 2. The van der Waals surface area contributed by atoms with Crippen LogP contribution in [0.3, 0.4) is 0 Å². The second-order valence-corrected chi connectivity index (χ2v) is 10.8. The van der Waals surface area contributed by atoms with E-state index in [1.165, 1.54) is 0 Å². The van der Waals surface area contributed by atoms with Crippen molar-refractivity contribution < 1.29 is 18.5 Å². The number of carbonyl (C=O) groups excluding carboxylic acids is 1. The lowest BCUT2D eigenvalue weighted by Crippen LogP contribution is -2.64. The average molecular weight is 442 g/mol. The maximum atomic E-state index is 15.2. The van der Waals surface area contributed by atoms with Crippen LogP contribution in [-0.2, 0) is 23.5 Å². The van der Waals surface area contributed by atoms with Gasteiger partial charge in [-0.1, -0.05) is 34.6 Å². The lowest BCUT2D eigenvalue weighted by atomic mass is 9.45. The molecule has 0 unspecified atom stereocenters. The summed E-state index contributed by atoms with van der Waals surface area (Å²) in [6.45, 7) is 14.7. The maximum absolute atomic E-state index is 15.2. The molecule has 2 aliphatic heterocycles. The zero-order valence-corrected chi connectivity index (χ0v) is 20.2. The van der Waals surface area contributed by atoms with Gasteiger partial charge < -0.3 is 9.31 Å². The number of hydrogen-bond acceptors (Lipinski definition) is 4. The maximum Gasteiger partial charge on any atom is 0.534 e. The molecular weight excluding hydrogens is 410 g/mol. The van der Waals surface area contributed by atoms with Crippen LogP contribution in [0.2, 0.25) is 5.31 Å². The molecule has 2 amide bonds. The van der Waals surface area contributed by atoms with Gasteiger partial charge in [-0.25, -0.2) is 9.18 Å². The summed E-state index contributed by atoms with van der Waals surface area (Å²) < 4.78 is 28.6. The third-order valence-corrected chi connectivity index (χ3v) is 6.96. The first-order chi connectivity index (χ1) is 14.7. The molecule has 3 heterocycles. The van der Waals surface area contributed by atoms with Gasteiger partial charge in [0.05, 0.1) is 17.0 Å². The number of aromatic nitrogens is 2. The lowest BCUT2D eigenvalue weighted by Gasteiger charge is -2.54. The predicted octanol–water partition coefficient (Wildman–Crippen LogP) is 4.91. The fourth-order valence-corrected chi connectivity index (χ4v) is 3.93. The van der Waals surface area contributed by atoms with Gasteiger partial charge in [-0.15, -0.1) is 0 Å². The number of anilines is 2. The first-order valence-corrected chi connectivity index (χ1v) is 11.0. The van der Waals surface area contributed by atoms with Gasteiger partial charge >= 0.3 is 13.1 Å². The van der Waals surface area contributed by atoms with Crippen LogP contribution in [0.5, 0.6) is 5.75 Å². The molecule has 7 nitrogen and oxygen atoms in total.